The first-order valence-corrected chi connectivity index (χ1v) is 6.56. The number of nitrogens with two attached hydrogens (primary N) is 1. The zero-order valence-electron chi connectivity index (χ0n) is 10.3. The monoisotopic (exact) mass is 253 g/mol. The summed E-state index contributed by atoms with van der Waals surface area (Å²) in [6.07, 6.45) is 0.951. The van der Waals surface area contributed by atoms with Gasteiger partial charge in [0.05, 0.1) is 10.7 Å². The molecule has 0 saturated carbocycles. The molecular formula is C12H19N3OS. The Morgan fingerprint density at radius 2 is 2.35 bits per heavy atom. The number of rotatable bonds is 7. The van der Waals surface area contributed by atoms with Gasteiger partial charge < -0.3 is 15.8 Å². The molecule has 4 nitrogen and oxygen atoms in total. The maximum absolute atomic E-state index is 8.76. The molecule has 0 atom stereocenters. The van der Waals surface area contributed by atoms with E-state index in [1.54, 1.807) is 6.07 Å². The number of nitrogen functional groups attached to an aromatic ring is 1. The molecule has 5 heteroatoms. The molecule has 1 rings (SSSR count). The molecule has 0 spiro atoms. The van der Waals surface area contributed by atoms with Gasteiger partial charge in [-0.2, -0.15) is 5.26 Å². The maximum atomic E-state index is 8.76. The first kappa shape index (κ1) is 13.8. The van der Waals surface area contributed by atoms with E-state index in [1.165, 1.54) is 11.3 Å². The summed E-state index contributed by atoms with van der Waals surface area (Å²) in [5.41, 5.74) is 6.21. The standard InChI is InChI=1S/C12H19N3OS/c1-9(2)8-16-5-3-4-15-12-6-10(14)11(7-13)17-12/h6,9,15H,3-5,8,14H2,1-2H3. The molecule has 17 heavy (non-hydrogen) atoms. The highest BCUT2D eigenvalue weighted by molar-refractivity contribution is 7.17. The zero-order chi connectivity index (χ0) is 12.7. The number of nitrogens with one attached hydrogen (secondary N) is 1. The minimum absolute atomic E-state index is 0.552. The van der Waals surface area contributed by atoms with Crippen LogP contribution in [0, 0.1) is 17.2 Å². The third-order valence-electron chi connectivity index (χ3n) is 2.08. The van der Waals surface area contributed by atoms with Gasteiger partial charge in [-0.25, -0.2) is 0 Å². The molecule has 0 bridgehead atoms. The lowest BCUT2D eigenvalue weighted by atomic mass is 10.2. The third kappa shape index (κ3) is 5.07. The van der Waals surface area contributed by atoms with E-state index in [4.69, 9.17) is 15.7 Å². The van der Waals surface area contributed by atoms with E-state index >= 15 is 0 Å². The minimum Gasteiger partial charge on any atom is -0.397 e. The largest absolute Gasteiger partial charge is 0.397 e. The Kier molecular flexibility index (Phi) is 5.81. The number of nitrogens with zero attached hydrogens (tertiary/aromatic N) is 1. The smallest absolute Gasteiger partial charge is 0.129 e. The average molecular weight is 253 g/mol. The Labute approximate surface area is 106 Å². The number of ether oxygens (including phenoxy) is 1. The van der Waals surface area contributed by atoms with Gasteiger partial charge in [-0.1, -0.05) is 13.8 Å². The molecule has 3 N–H and O–H groups in total. The topological polar surface area (TPSA) is 71.1 Å². The SMILES string of the molecule is CC(C)COCCCNc1cc(N)c(C#N)s1. The van der Waals surface area contributed by atoms with Crippen molar-refractivity contribution >= 4 is 22.0 Å². The molecule has 0 fully saturated rings. The molecule has 0 saturated heterocycles. The molecule has 0 radical (unpaired) electrons. The molecule has 1 heterocycles. The van der Waals surface area contributed by atoms with Crippen LogP contribution in [0.3, 0.4) is 0 Å². The van der Waals surface area contributed by atoms with E-state index < -0.39 is 0 Å². The predicted molar refractivity (Wildman–Crippen MR) is 72.2 cm³/mol. The summed E-state index contributed by atoms with van der Waals surface area (Å²) in [6.45, 7) is 6.68. The molecule has 0 aliphatic heterocycles. The Balaban J connectivity index is 2.16. The molecule has 1 aromatic heterocycles. The predicted octanol–water partition coefficient (Wildman–Crippen LogP) is 2.68. The van der Waals surface area contributed by atoms with Crippen molar-refractivity contribution in [2.24, 2.45) is 5.92 Å². The summed E-state index contributed by atoms with van der Waals surface area (Å²) in [4.78, 5) is 0.573. The van der Waals surface area contributed by atoms with Gasteiger partial charge in [0, 0.05) is 19.8 Å². The van der Waals surface area contributed by atoms with Crippen molar-refractivity contribution in [2.75, 3.05) is 30.8 Å². The van der Waals surface area contributed by atoms with Crippen LogP contribution in [0.25, 0.3) is 0 Å². The van der Waals surface area contributed by atoms with Crippen LogP contribution in [0.1, 0.15) is 25.1 Å². The average Bonchev–Trinajstić information content (AvgIpc) is 2.63. The van der Waals surface area contributed by atoms with Crippen LogP contribution >= 0.6 is 11.3 Å². The van der Waals surface area contributed by atoms with E-state index in [2.05, 4.69) is 25.2 Å². The Hall–Kier alpha value is -1.25. The van der Waals surface area contributed by atoms with Crippen LogP contribution in [0.2, 0.25) is 0 Å². The number of thiophene rings is 1. The van der Waals surface area contributed by atoms with E-state index in [0.29, 0.717) is 16.5 Å². The van der Waals surface area contributed by atoms with Crippen molar-refractivity contribution < 1.29 is 4.74 Å². The minimum atomic E-state index is 0.552. The van der Waals surface area contributed by atoms with Crippen LogP contribution in [-0.2, 0) is 4.74 Å². The first-order valence-electron chi connectivity index (χ1n) is 5.74. The van der Waals surface area contributed by atoms with Crippen LogP contribution in [0.15, 0.2) is 6.07 Å². The number of anilines is 2. The van der Waals surface area contributed by atoms with Gasteiger partial charge in [-0.15, -0.1) is 11.3 Å². The van der Waals surface area contributed by atoms with Crippen LogP contribution in [0.4, 0.5) is 10.7 Å². The molecule has 0 aromatic carbocycles. The van der Waals surface area contributed by atoms with Gasteiger partial charge >= 0.3 is 0 Å². The van der Waals surface area contributed by atoms with Gasteiger partial charge in [0.15, 0.2) is 0 Å². The molecule has 0 aliphatic rings. The second-order valence-electron chi connectivity index (χ2n) is 4.26. The lowest BCUT2D eigenvalue weighted by Gasteiger charge is -2.07. The summed E-state index contributed by atoms with van der Waals surface area (Å²) in [6, 6.07) is 3.87. The van der Waals surface area contributed by atoms with E-state index in [9.17, 15) is 0 Å². The van der Waals surface area contributed by atoms with Crippen molar-refractivity contribution in [3.63, 3.8) is 0 Å². The summed E-state index contributed by atoms with van der Waals surface area (Å²) >= 11 is 1.39. The van der Waals surface area contributed by atoms with Gasteiger partial charge in [0.2, 0.25) is 0 Å². The van der Waals surface area contributed by atoms with Gasteiger partial charge in [-0.3, -0.25) is 0 Å². The summed E-state index contributed by atoms with van der Waals surface area (Å²) in [5.74, 6) is 0.582. The van der Waals surface area contributed by atoms with Crippen molar-refractivity contribution in [3.05, 3.63) is 10.9 Å². The fourth-order valence-electron chi connectivity index (χ4n) is 1.28. The summed E-state index contributed by atoms with van der Waals surface area (Å²) in [5, 5.41) is 12.9. The normalized spacial score (nSPS) is 10.5. The van der Waals surface area contributed by atoms with Crippen LogP contribution in [0.5, 0.6) is 0 Å². The third-order valence-corrected chi connectivity index (χ3v) is 3.09. The molecule has 1 aromatic rings. The Morgan fingerprint density at radius 3 is 2.94 bits per heavy atom. The van der Waals surface area contributed by atoms with Gasteiger partial charge in [0.1, 0.15) is 10.9 Å². The molecule has 0 aliphatic carbocycles. The summed E-state index contributed by atoms with van der Waals surface area (Å²) in [7, 11) is 0. The summed E-state index contributed by atoms with van der Waals surface area (Å²) < 4.78 is 5.47. The quantitative estimate of drug-likeness (QED) is 0.733. The number of hydrogen-bond donors (Lipinski definition) is 2. The van der Waals surface area contributed by atoms with Crippen LogP contribution in [-0.4, -0.2) is 19.8 Å². The van der Waals surface area contributed by atoms with E-state index in [-0.39, 0.29) is 0 Å². The van der Waals surface area contributed by atoms with Crippen molar-refractivity contribution in [1.82, 2.24) is 0 Å². The lowest BCUT2D eigenvalue weighted by Crippen LogP contribution is -2.07. The lowest BCUT2D eigenvalue weighted by molar-refractivity contribution is 0.110. The molecule has 0 unspecified atom stereocenters. The highest BCUT2D eigenvalue weighted by Crippen LogP contribution is 2.27. The maximum Gasteiger partial charge on any atom is 0.129 e. The highest BCUT2D eigenvalue weighted by atomic mass is 32.1. The molecule has 94 valence electrons. The van der Waals surface area contributed by atoms with Crippen molar-refractivity contribution in [2.45, 2.75) is 20.3 Å². The van der Waals surface area contributed by atoms with Crippen LogP contribution < -0.4 is 11.1 Å². The van der Waals surface area contributed by atoms with E-state index in [1.807, 2.05) is 0 Å². The second kappa shape index (κ2) is 7.15. The Morgan fingerprint density at radius 1 is 1.59 bits per heavy atom. The van der Waals surface area contributed by atoms with Crippen molar-refractivity contribution in [3.8, 4) is 6.07 Å². The first-order chi connectivity index (χ1) is 8.13. The fourth-order valence-corrected chi connectivity index (χ4v) is 2.09. The number of hydrogen-bond acceptors (Lipinski definition) is 5. The Bertz CT molecular complexity index is 382. The van der Waals surface area contributed by atoms with Gasteiger partial charge in [-0.05, 0) is 18.4 Å². The van der Waals surface area contributed by atoms with Gasteiger partial charge in [0.25, 0.3) is 0 Å². The van der Waals surface area contributed by atoms with Crippen molar-refractivity contribution in [1.29, 1.82) is 5.26 Å². The fraction of sp³-hybridized carbons (Fsp3) is 0.583. The number of nitriles is 1. The van der Waals surface area contributed by atoms with E-state index in [0.717, 1.165) is 31.2 Å². The molecular weight excluding hydrogens is 234 g/mol. The zero-order valence-corrected chi connectivity index (χ0v) is 11.1. The molecule has 0 amide bonds. The highest BCUT2D eigenvalue weighted by Gasteiger charge is 2.04. The second-order valence-corrected chi connectivity index (χ2v) is 5.31.